The first kappa shape index (κ1) is 16.8. The highest BCUT2D eigenvalue weighted by molar-refractivity contribution is 5.89. The third kappa shape index (κ3) is 3.55. The molecule has 1 N–H and O–H groups in total. The molecule has 1 aromatic carbocycles. The van der Waals surface area contributed by atoms with Crippen LogP contribution in [-0.4, -0.2) is 21.0 Å². The largest absolute Gasteiger partial charge is 0.478 e. The van der Waals surface area contributed by atoms with Crippen molar-refractivity contribution in [3.05, 3.63) is 82.6 Å². The van der Waals surface area contributed by atoms with Gasteiger partial charge in [0, 0.05) is 18.0 Å². The van der Waals surface area contributed by atoms with Gasteiger partial charge in [0.15, 0.2) is 5.82 Å². The lowest BCUT2D eigenvalue weighted by atomic mass is 9.97. The van der Waals surface area contributed by atoms with Crippen molar-refractivity contribution in [1.29, 1.82) is 0 Å². The molecular formula is C20H17FN2O2. The molecule has 2 aromatic heterocycles. The highest BCUT2D eigenvalue weighted by atomic mass is 19.1. The van der Waals surface area contributed by atoms with E-state index in [1.165, 1.54) is 6.20 Å². The van der Waals surface area contributed by atoms with Gasteiger partial charge < -0.3 is 5.11 Å². The van der Waals surface area contributed by atoms with Crippen LogP contribution in [0.3, 0.4) is 0 Å². The van der Waals surface area contributed by atoms with Crippen molar-refractivity contribution in [3.63, 3.8) is 0 Å². The van der Waals surface area contributed by atoms with Gasteiger partial charge in [-0.1, -0.05) is 23.8 Å². The topological polar surface area (TPSA) is 63.1 Å². The normalized spacial score (nSPS) is 10.7. The van der Waals surface area contributed by atoms with Crippen molar-refractivity contribution in [1.82, 2.24) is 9.97 Å². The van der Waals surface area contributed by atoms with E-state index >= 15 is 0 Å². The zero-order valence-electron chi connectivity index (χ0n) is 14.0. The van der Waals surface area contributed by atoms with Gasteiger partial charge >= 0.3 is 5.97 Å². The van der Waals surface area contributed by atoms with Crippen LogP contribution < -0.4 is 0 Å². The van der Waals surface area contributed by atoms with Gasteiger partial charge in [0.05, 0.1) is 17.5 Å². The van der Waals surface area contributed by atoms with Gasteiger partial charge in [-0.3, -0.25) is 9.97 Å². The van der Waals surface area contributed by atoms with Gasteiger partial charge in [0.25, 0.3) is 0 Å². The minimum absolute atomic E-state index is 0.293. The smallest absolute Gasteiger partial charge is 0.335 e. The first-order valence-electron chi connectivity index (χ1n) is 7.84. The molecule has 2 heterocycles. The number of aromatic carboxylic acids is 1. The second kappa shape index (κ2) is 6.81. The van der Waals surface area contributed by atoms with Crippen LogP contribution in [0.4, 0.5) is 4.39 Å². The van der Waals surface area contributed by atoms with E-state index in [2.05, 4.69) is 9.97 Å². The van der Waals surface area contributed by atoms with Gasteiger partial charge in [-0.25, -0.2) is 9.18 Å². The molecule has 0 aliphatic carbocycles. The van der Waals surface area contributed by atoms with Gasteiger partial charge in [0.2, 0.25) is 0 Å². The maximum atomic E-state index is 13.9. The Kier molecular flexibility index (Phi) is 4.57. The number of carboxylic acids is 1. The Morgan fingerprint density at radius 3 is 2.64 bits per heavy atom. The molecule has 4 nitrogen and oxygen atoms in total. The van der Waals surface area contributed by atoms with Crippen molar-refractivity contribution in [3.8, 4) is 11.3 Å². The summed E-state index contributed by atoms with van der Waals surface area (Å²) >= 11 is 0. The number of hydrogen-bond donors (Lipinski definition) is 1. The molecule has 126 valence electrons. The summed E-state index contributed by atoms with van der Waals surface area (Å²) in [6.07, 6.45) is 4.80. The molecule has 0 saturated carbocycles. The molecule has 0 saturated heterocycles. The molecule has 0 spiro atoms. The zero-order valence-corrected chi connectivity index (χ0v) is 14.0. The lowest BCUT2D eigenvalue weighted by Crippen LogP contribution is -2.04. The quantitative estimate of drug-likeness (QED) is 0.776. The lowest BCUT2D eigenvalue weighted by Gasteiger charge is -2.10. The maximum absolute atomic E-state index is 13.9. The third-order valence-electron chi connectivity index (χ3n) is 4.05. The number of aromatic nitrogens is 2. The van der Waals surface area contributed by atoms with Gasteiger partial charge in [-0.2, -0.15) is 0 Å². The highest BCUT2D eigenvalue weighted by Gasteiger charge is 2.13. The number of rotatable bonds is 4. The molecule has 0 aliphatic rings. The van der Waals surface area contributed by atoms with E-state index in [9.17, 15) is 14.3 Å². The van der Waals surface area contributed by atoms with Gasteiger partial charge in [-0.05, 0) is 49.1 Å². The van der Waals surface area contributed by atoms with Crippen LogP contribution in [0, 0.1) is 19.7 Å². The Balaban J connectivity index is 1.95. The summed E-state index contributed by atoms with van der Waals surface area (Å²) < 4.78 is 13.9. The SMILES string of the molecule is Cc1ccc(Cc2cnc(-c3ccncc3F)c(C)c2)c(C(=O)O)c1. The Morgan fingerprint density at radius 2 is 1.96 bits per heavy atom. The Bertz CT molecular complexity index is 954. The fourth-order valence-corrected chi connectivity index (χ4v) is 2.84. The molecule has 0 atom stereocenters. The van der Waals surface area contributed by atoms with Crippen molar-refractivity contribution >= 4 is 5.97 Å². The minimum Gasteiger partial charge on any atom is -0.478 e. The van der Waals surface area contributed by atoms with E-state index in [1.807, 2.05) is 32.0 Å². The van der Waals surface area contributed by atoms with E-state index in [1.54, 1.807) is 18.3 Å². The van der Waals surface area contributed by atoms with Gasteiger partial charge in [-0.15, -0.1) is 0 Å². The average molecular weight is 336 g/mol. The molecule has 0 amide bonds. The Hall–Kier alpha value is -3.08. The summed E-state index contributed by atoms with van der Waals surface area (Å²) in [5, 5.41) is 9.38. The van der Waals surface area contributed by atoms with E-state index in [-0.39, 0.29) is 0 Å². The van der Waals surface area contributed by atoms with Gasteiger partial charge in [0.1, 0.15) is 0 Å². The van der Waals surface area contributed by atoms with Crippen LogP contribution in [-0.2, 0) is 6.42 Å². The molecule has 0 aliphatic heterocycles. The summed E-state index contributed by atoms with van der Waals surface area (Å²) in [6, 6.07) is 8.88. The summed E-state index contributed by atoms with van der Waals surface area (Å²) in [5.41, 5.74) is 4.59. The minimum atomic E-state index is -0.946. The Labute approximate surface area is 145 Å². The summed E-state index contributed by atoms with van der Waals surface area (Å²) in [7, 11) is 0. The zero-order chi connectivity index (χ0) is 18.0. The van der Waals surface area contributed by atoms with Crippen LogP contribution in [0.25, 0.3) is 11.3 Å². The van der Waals surface area contributed by atoms with Crippen LogP contribution in [0.1, 0.15) is 32.6 Å². The fraction of sp³-hybridized carbons (Fsp3) is 0.150. The number of hydrogen-bond acceptors (Lipinski definition) is 3. The number of carbonyl (C=O) groups is 1. The summed E-state index contributed by atoms with van der Waals surface area (Å²) in [5.74, 6) is -1.36. The van der Waals surface area contributed by atoms with Crippen molar-refractivity contribution in [2.75, 3.05) is 0 Å². The first-order valence-corrected chi connectivity index (χ1v) is 7.84. The van der Waals surface area contributed by atoms with E-state index in [0.717, 1.165) is 28.5 Å². The maximum Gasteiger partial charge on any atom is 0.335 e. The predicted molar refractivity (Wildman–Crippen MR) is 93.1 cm³/mol. The Morgan fingerprint density at radius 1 is 1.16 bits per heavy atom. The monoisotopic (exact) mass is 336 g/mol. The number of benzene rings is 1. The second-order valence-corrected chi connectivity index (χ2v) is 6.01. The van der Waals surface area contributed by atoms with Crippen molar-refractivity contribution in [2.24, 2.45) is 0 Å². The third-order valence-corrected chi connectivity index (χ3v) is 4.05. The number of halogens is 1. The molecule has 3 rings (SSSR count). The molecule has 3 aromatic rings. The highest BCUT2D eigenvalue weighted by Crippen LogP contribution is 2.25. The standard InChI is InChI=1S/C20H17FN2O2/c1-12-3-4-15(17(7-12)20(24)25)9-14-8-13(2)19(23-10-14)16-5-6-22-11-18(16)21/h3-8,10-11H,9H2,1-2H3,(H,24,25). The predicted octanol–water partition coefficient (Wildman–Crippen LogP) is 4.19. The lowest BCUT2D eigenvalue weighted by molar-refractivity contribution is 0.0695. The van der Waals surface area contributed by atoms with Crippen LogP contribution in [0.15, 0.2) is 48.9 Å². The van der Waals surface area contributed by atoms with Crippen LogP contribution in [0.5, 0.6) is 0 Å². The molecule has 0 bridgehead atoms. The van der Waals surface area contributed by atoms with Crippen LogP contribution >= 0.6 is 0 Å². The molecule has 0 radical (unpaired) electrons. The first-order chi connectivity index (χ1) is 12.0. The molecular weight excluding hydrogens is 319 g/mol. The number of carboxylic acid groups (broad SMARTS) is 1. The molecule has 25 heavy (non-hydrogen) atoms. The second-order valence-electron chi connectivity index (χ2n) is 6.01. The molecule has 0 unspecified atom stereocenters. The van der Waals surface area contributed by atoms with Crippen LogP contribution in [0.2, 0.25) is 0 Å². The molecule has 0 fully saturated rings. The van der Waals surface area contributed by atoms with E-state index in [4.69, 9.17) is 0 Å². The van der Waals surface area contributed by atoms with Crippen molar-refractivity contribution in [2.45, 2.75) is 20.3 Å². The van der Waals surface area contributed by atoms with E-state index in [0.29, 0.717) is 23.2 Å². The van der Waals surface area contributed by atoms with Crippen molar-refractivity contribution < 1.29 is 14.3 Å². The fourth-order valence-electron chi connectivity index (χ4n) is 2.84. The average Bonchev–Trinajstić information content (AvgIpc) is 2.57. The summed E-state index contributed by atoms with van der Waals surface area (Å²) in [6.45, 7) is 3.72. The molecule has 5 heteroatoms. The number of pyridine rings is 2. The number of nitrogens with zero attached hydrogens (tertiary/aromatic N) is 2. The summed E-state index contributed by atoms with van der Waals surface area (Å²) in [4.78, 5) is 19.6. The number of aryl methyl sites for hydroxylation is 2. The van der Waals surface area contributed by atoms with E-state index < -0.39 is 11.8 Å².